The van der Waals surface area contributed by atoms with Gasteiger partial charge in [-0.3, -0.25) is 5.10 Å². The van der Waals surface area contributed by atoms with E-state index in [1.165, 1.54) is 19.3 Å². The molecule has 1 aromatic heterocycles. The highest BCUT2D eigenvalue weighted by molar-refractivity contribution is 7.80. The van der Waals surface area contributed by atoms with Gasteiger partial charge in [0.05, 0.1) is 5.69 Å². The van der Waals surface area contributed by atoms with Crippen LogP contribution >= 0.6 is 12.6 Å². The van der Waals surface area contributed by atoms with Gasteiger partial charge in [0, 0.05) is 11.9 Å². The number of nitrogens with one attached hydrogen (secondary N) is 1. The quantitative estimate of drug-likeness (QED) is 0.673. The van der Waals surface area contributed by atoms with Gasteiger partial charge >= 0.3 is 0 Å². The lowest BCUT2D eigenvalue weighted by Crippen LogP contribution is -1.86. The van der Waals surface area contributed by atoms with Crippen molar-refractivity contribution in [3.8, 4) is 0 Å². The van der Waals surface area contributed by atoms with Crippen molar-refractivity contribution in [3.63, 3.8) is 0 Å². The van der Waals surface area contributed by atoms with Gasteiger partial charge in [-0.25, -0.2) is 0 Å². The lowest BCUT2D eigenvalue weighted by atomic mass is 10.2. The molecule has 11 heavy (non-hydrogen) atoms. The second kappa shape index (κ2) is 5.24. The van der Waals surface area contributed by atoms with Crippen LogP contribution in [0.2, 0.25) is 0 Å². The van der Waals surface area contributed by atoms with E-state index in [9.17, 15) is 0 Å². The Bertz CT molecular complexity index is 172. The van der Waals surface area contributed by atoms with Crippen LogP contribution in [0.1, 0.15) is 25.0 Å². The van der Waals surface area contributed by atoms with E-state index in [4.69, 9.17) is 12.6 Å². The van der Waals surface area contributed by atoms with Gasteiger partial charge in [-0.1, -0.05) is 19.0 Å². The van der Waals surface area contributed by atoms with E-state index in [1.807, 2.05) is 12.3 Å². The maximum absolute atomic E-state index is 4.84. The monoisotopic (exact) mass is 169 g/mol. The van der Waals surface area contributed by atoms with E-state index in [0.717, 1.165) is 17.9 Å². The predicted octanol–water partition coefficient (Wildman–Crippen LogP) is 2.32. The van der Waals surface area contributed by atoms with E-state index >= 15 is 0 Å². The first kappa shape index (κ1) is 8.65. The van der Waals surface area contributed by atoms with Gasteiger partial charge in [0.25, 0.3) is 0 Å². The third kappa shape index (κ3) is 3.46. The molecule has 0 aromatic carbocycles. The topological polar surface area (TPSA) is 28.7 Å². The van der Waals surface area contributed by atoms with Gasteiger partial charge in [-0.2, -0.15) is 5.10 Å². The fraction of sp³-hybridized carbons (Fsp3) is 0.625. The molecule has 1 radical (unpaired) electrons. The first-order valence-corrected chi connectivity index (χ1v) is 4.58. The average molecular weight is 169 g/mol. The summed E-state index contributed by atoms with van der Waals surface area (Å²) in [6.45, 7) is 0. The van der Waals surface area contributed by atoms with Crippen molar-refractivity contribution in [3.05, 3.63) is 18.0 Å². The zero-order valence-corrected chi connectivity index (χ0v) is 7.36. The molecule has 0 aliphatic heterocycles. The van der Waals surface area contributed by atoms with Gasteiger partial charge in [-0.05, 0) is 25.3 Å². The van der Waals surface area contributed by atoms with Crippen molar-refractivity contribution < 1.29 is 0 Å². The van der Waals surface area contributed by atoms with Gasteiger partial charge in [0.2, 0.25) is 0 Å². The molecule has 61 valence electrons. The molecule has 0 saturated carbocycles. The minimum atomic E-state index is 0.889. The Hall–Kier alpha value is -0.440. The van der Waals surface area contributed by atoms with Crippen LogP contribution in [-0.2, 0) is 6.42 Å². The van der Waals surface area contributed by atoms with Crippen LogP contribution in [0, 0.1) is 0 Å². The van der Waals surface area contributed by atoms with Crippen LogP contribution in [0.3, 0.4) is 0 Å². The Labute approximate surface area is 72.8 Å². The van der Waals surface area contributed by atoms with Crippen molar-refractivity contribution in [2.24, 2.45) is 0 Å². The van der Waals surface area contributed by atoms with E-state index < -0.39 is 0 Å². The summed E-state index contributed by atoms with van der Waals surface area (Å²) in [5.74, 6) is 0.889. The first-order valence-electron chi connectivity index (χ1n) is 4.00. The summed E-state index contributed by atoms with van der Waals surface area (Å²) in [6.07, 6.45) is 6.55. The second-order valence-electron chi connectivity index (χ2n) is 2.58. The number of aromatic nitrogens is 2. The lowest BCUT2D eigenvalue weighted by molar-refractivity contribution is 0.710. The summed E-state index contributed by atoms with van der Waals surface area (Å²) in [7, 11) is 0. The van der Waals surface area contributed by atoms with Crippen LogP contribution in [0.15, 0.2) is 12.3 Å². The summed E-state index contributed by atoms with van der Waals surface area (Å²) in [5, 5.41) is 6.86. The van der Waals surface area contributed by atoms with E-state index in [2.05, 4.69) is 10.2 Å². The van der Waals surface area contributed by atoms with Gasteiger partial charge in [0.1, 0.15) is 0 Å². The normalized spacial score (nSPS) is 10.3. The number of aryl methyl sites for hydroxylation is 1. The number of H-pyrrole nitrogens is 1. The number of hydrogen-bond donors (Lipinski definition) is 1. The Morgan fingerprint density at radius 2 is 2.27 bits per heavy atom. The number of hydrogen-bond acceptors (Lipinski definition) is 1. The van der Waals surface area contributed by atoms with Gasteiger partial charge < -0.3 is 0 Å². The smallest absolute Gasteiger partial charge is 0.0622 e. The molecule has 2 nitrogen and oxygen atoms in total. The third-order valence-corrected chi connectivity index (χ3v) is 1.92. The minimum absolute atomic E-state index is 0.889. The molecule has 0 atom stereocenters. The number of rotatable bonds is 5. The molecular formula is C8H13N2S. The molecule has 1 aromatic rings. The molecule has 0 fully saturated rings. The van der Waals surface area contributed by atoms with Crippen molar-refractivity contribution in [1.29, 1.82) is 0 Å². The SMILES string of the molecule is [S]CCCCCc1cc[nH]n1. The fourth-order valence-corrected chi connectivity index (χ4v) is 1.22. The minimum Gasteiger partial charge on any atom is -0.285 e. The number of aromatic amines is 1. The van der Waals surface area contributed by atoms with Crippen molar-refractivity contribution >= 4 is 12.6 Å². The molecule has 1 rings (SSSR count). The lowest BCUT2D eigenvalue weighted by Gasteiger charge is -1.94. The Morgan fingerprint density at radius 1 is 1.36 bits per heavy atom. The van der Waals surface area contributed by atoms with E-state index in [-0.39, 0.29) is 0 Å². The fourth-order valence-electron chi connectivity index (χ4n) is 1.02. The Balaban J connectivity index is 2.04. The maximum Gasteiger partial charge on any atom is 0.0622 e. The van der Waals surface area contributed by atoms with Crippen LogP contribution in [0.25, 0.3) is 0 Å². The Kier molecular flexibility index (Phi) is 4.12. The molecule has 0 unspecified atom stereocenters. The van der Waals surface area contributed by atoms with Crippen molar-refractivity contribution in [2.75, 3.05) is 5.75 Å². The van der Waals surface area contributed by atoms with Crippen molar-refractivity contribution in [1.82, 2.24) is 10.2 Å². The molecular weight excluding hydrogens is 156 g/mol. The van der Waals surface area contributed by atoms with Gasteiger partial charge in [-0.15, -0.1) is 0 Å². The molecule has 0 aliphatic carbocycles. The summed E-state index contributed by atoms with van der Waals surface area (Å²) in [4.78, 5) is 0. The molecule has 1 N–H and O–H groups in total. The zero-order valence-electron chi connectivity index (χ0n) is 6.55. The number of unbranched alkanes of at least 4 members (excludes halogenated alkanes) is 2. The van der Waals surface area contributed by atoms with Crippen LogP contribution < -0.4 is 0 Å². The van der Waals surface area contributed by atoms with Crippen LogP contribution in [-0.4, -0.2) is 16.0 Å². The summed E-state index contributed by atoms with van der Waals surface area (Å²) in [5.41, 5.74) is 1.16. The highest BCUT2D eigenvalue weighted by Gasteiger charge is 1.93. The van der Waals surface area contributed by atoms with Crippen LogP contribution in [0.4, 0.5) is 0 Å². The third-order valence-electron chi connectivity index (χ3n) is 1.64. The summed E-state index contributed by atoms with van der Waals surface area (Å²) < 4.78 is 0. The summed E-state index contributed by atoms with van der Waals surface area (Å²) in [6, 6.07) is 2.02. The maximum atomic E-state index is 4.84. The molecule has 0 aliphatic rings. The predicted molar refractivity (Wildman–Crippen MR) is 48.6 cm³/mol. The average Bonchev–Trinajstić information content (AvgIpc) is 2.50. The highest BCUT2D eigenvalue weighted by Crippen LogP contribution is 2.03. The Morgan fingerprint density at radius 3 is 2.91 bits per heavy atom. The standard InChI is InChI=1S/C8H13N2S/c11-7-3-1-2-4-8-5-6-9-10-8/h5-6H,1-4,7H2,(H,9,10). The molecule has 3 heteroatoms. The molecule has 0 saturated heterocycles. The molecule has 1 heterocycles. The summed E-state index contributed by atoms with van der Waals surface area (Å²) >= 11 is 4.84. The molecule has 0 bridgehead atoms. The highest BCUT2D eigenvalue weighted by atomic mass is 32.1. The van der Waals surface area contributed by atoms with Crippen LogP contribution in [0.5, 0.6) is 0 Å². The number of nitrogens with zero attached hydrogens (tertiary/aromatic N) is 1. The van der Waals surface area contributed by atoms with Crippen molar-refractivity contribution in [2.45, 2.75) is 25.7 Å². The van der Waals surface area contributed by atoms with E-state index in [0.29, 0.717) is 0 Å². The molecule has 0 amide bonds. The van der Waals surface area contributed by atoms with Gasteiger partial charge in [0.15, 0.2) is 0 Å². The largest absolute Gasteiger partial charge is 0.285 e. The zero-order chi connectivity index (χ0) is 7.94. The first-order chi connectivity index (χ1) is 5.43. The van der Waals surface area contributed by atoms with E-state index in [1.54, 1.807) is 0 Å². The molecule has 0 spiro atoms. The second-order valence-corrected chi connectivity index (χ2v) is 2.99.